The number of H-pyrrole nitrogens is 1. The van der Waals surface area contributed by atoms with Crippen LogP contribution in [0.25, 0.3) is 5.57 Å². The molecule has 18 heavy (non-hydrogen) atoms. The number of rotatable bonds is 2. The summed E-state index contributed by atoms with van der Waals surface area (Å²) in [5.74, 6) is 0. The largest absolute Gasteiger partial charge is 0.447 e. The van der Waals surface area contributed by atoms with Gasteiger partial charge in [-0.1, -0.05) is 6.08 Å². The normalized spacial score (nSPS) is 15.8. The molecule has 0 bridgehead atoms. The van der Waals surface area contributed by atoms with Gasteiger partial charge in [0.1, 0.15) is 5.69 Å². The first-order valence-electron chi connectivity index (χ1n) is 6.10. The molecule has 0 fully saturated rings. The number of nitrogens with one attached hydrogen (secondary N) is 1. The van der Waals surface area contributed by atoms with Crippen molar-refractivity contribution >= 4 is 11.7 Å². The molecule has 0 aromatic carbocycles. The summed E-state index contributed by atoms with van der Waals surface area (Å²) >= 11 is 0. The van der Waals surface area contributed by atoms with Crippen molar-refractivity contribution in [3.8, 4) is 0 Å². The third-order valence-electron chi connectivity index (χ3n) is 2.83. The fourth-order valence-corrected chi connectivity index (χ4v) is 1.91. The smallest absolute Gasteiger partial charge is 0.410 e. The fourth-order valence-electron chi connectivity index (χ4n) is 1.91. The van der Waals surface area contributed by atoms with E-state index in [1.165, 1.54) is 0 Å². The minimum atomic E-state index is -0.253. The van der Waals surface area contributed by atoms with Crippen molar-refractivity contribution in [3.05, 3.63) is 17.5 Å². The average molecular weight is 250 g/mol. The van der Waals surface area contributed by atoms with Gasteiger partial charge in [-0.3, -0.25) is 0 Å². The summed E-state index contributed by atoms with van der Waals surface area (Å²) in [5, 5.41) is 10.7. The van der Waals surface area contributed by atoms with Gasteiger partial charge in [-0.2, -0.15) is 15.4 Å². The monoisotopic (exact) mass is 250 g/mol. The lowest BCUT2D eigenvalue weighted by Crippen LogP contribution is -2.36. The lowest BCUT2D eigenvalue weighted by Gasteiger charge is -2.26. The van der Waals surface area contributed by atoms with Gasteiger partial charge in [0.05, 0.1) is 11.8 Å². The van der Waals surface area contributed by atoms with Crippen molar-refractivity contribution in [2.45, 2.75) is 33.3 Å². The van der Waals surface area contributed by atoms with E-state index in [0.29, 0.717) is 13.1 Å². The van der Waals surface area contributed by atoms with E-state index in [4.69, 9.17) is 4.74 Å². The second-order valence-electron chi connectivity index (χ2n) is 4.62. The third kappa shape index (κ3) is 2.69. The van der Waals surface area contributed by atoms with Crippen molar-refractivity contribution < 1.29 is 9.53 Å². The van der Waals surface area contributed by atoms with E-state index in [1.54, 1.807) is 4.90 Å². The highest BCUT2D eigenvalue weighted by Crippen LogP contribution is 2.22. The molecule has 0 radical (unpaired) electrons. The van der Waals surface area contributed by atoms with E-state index >= 15 is 0 Å². The molecule has 0 saturated heterocycles. The van der Waals surface area contributed by atoms with Crippen molar-refractivity contribution in [2.75, 3.05) is 13.1 Å². The first-order chi connectivity index (χ1) is 8.58. The van der Waals surface area contributed by atoms with Crippen LogP contribution in [0.4, 0.5) is 4.79 Å². The number of hydrogen-bond acceptors (Lipinski definition) is 4. The van der Waals surface area contributed by atoms with Crippen LogP contribution in [0.2, 0.25) is 0 Å². The number of nitrogens with zero attached hydrogens (tertiary/aromatic N) is 3. The maximum absolute atomic E-state index is 11.7. The molecule has 1 amide bonds. The minimum Gasteiger partial charge on any atom is -0.447 e. The van der Waals surface area contributed by atoms with Crippen molar-refractivity contribution in [1.82, 2.24) is 20.3 Å². The van der Waals surface area contributed by atoms with E-state index in [1.807, 2.05) is 26.8 Å². The lowest BCUT2D eigenvalue weighted by atomic mass is 10.0. The summed E-state index contributed by atoms with van der Waals surface area (Å²) in [6.07, 6.45) is 2.45. The molecule has 0 atom stereocenters. The number of aromatic nitrogens is 3. The van der Waals surface area contributed by atoms with Gasteiger partial charge in [0.2, 0.25) is 0 Å². The molecule has 6 nitrogen and oxygen atoms in total. The van der Waals surface area contributed by atoms with Crippen LogP contribution in [0.5, 0.6) is 0 Å². The Morgan fingerprint density at radius 3 is 2.78 bits per heavy atom. The molecular weight excluding hydrogens is 232 g/mol. The Morgan fingerprint density at radius 1 is 1.50 bits per heavy atom. The second kappa shape index (κ2) is 5.20. The average Bonchev–Trinajstić information content (AvgIpc) is 2.75. The number of carbonyl (C=O) groups excluding carboxylic acids is 1. The number of hydrogen-bond donors (Lipinski definition) is 1. The molecule has 1 aliphatic rings. The maximum atomic E-state index is 11.7. The summed E-state index contributed by atoms with van der Waals surface area (Å²) in [6.45, 7) is 6.83. The van der Waals surface area contributed by atoms with Crippen LogP contribution in [0.3, 0.4) is 0 Å². The lowest BCUT2D eigenvalue weighted by molar-refractivity contribution is 0.0799. The Balaban J connectivity index is 2.00. The molecule has 1 aromatic heterocycles. The number of aromatic amines is 1. The van der Waals surface area contributed by atoms with Crippen molar-refractivity contribution in [3.63, 3.8) is 0 Å². The summed E-state index contributed by atoms with van der Waals surface area (Å²) in [4.78, 5) is 13.4. The summed E-state index contributed by atoms with van der Waals surface area (Å²) in [6, 6.07) is 0. The molecule has 0 spiro atoms. The Hall–Kier alpha value is -1.85. The highest BCUT2D eigenvalue weighted by atomic mass is 16.6. The van der Waals surface area contributed by atoms with Crippen LogP contribution in [-0.2, 0) is 4.74 Å². The van der Waals surface area contributed by atoms with Gasteiger partial charge >= 0.3 is 6.09 Å². The first-order valence-corrected chi connectivity index (χ1v) is 6.10. The standard InChI is InChI=1S/C12H18N4O2/c1-8(2)18-12(17)16-6-4-10(5-7-16)11-9(3)13-15-14-11/h4,8H,5-7H2,1-3H3,(H,13,14,15). The zero-order valence-corrected chi connectivity index (χ0v) is 10.9. The number of amides is 1. The molecule has 0 saturated carbocycles. The van der Waals surface area contributed by atoms with Crippen molar-refractivity contribution in [1.29, 1.82) is 0 Å². The zero-order valence-electron chi connectivity index (χ0n) is 10.9. The van der Waals surface area contributed by atoms with Crippen LogP contribution in [0, 0.1) is 6.92 Å². The van der Waals surface area contributed by atoms with E-state index < -0.39 is 0 Å². The Morgan fingerprint density at radius 2 is 2.28 bits per heavy atom. The molecule has 2 heterocycles. The topological polar surface area (TPSA) is 71.1 Å². The second-order valence-corrected chi connectivity index (χ2v) is 4.62. The third-order valence-corrected chi connectivity index (χ3v) is 2.83. The van der Waals surface area contributed by atoms with Crippen LogP contribution in [0.15, 0.2) is 6.08 Å². The van der Waals surface area contributed by atoms with Crippen LogP contribution >= 0.6 is 0 Å². The van der Waals surface area contributed by atoms with Crippen LogP contribution in [0.1, 0.15) is 31.7 Å². The molecule has 98 valence electrons. The predicted molar refractivity (Wildman–Crippen MR) is 66.9 cm³/mol. The maximum Gasteiger partial charge on any atom is 0.410 e. The highest BCUT2D eigenvalue weighted by molar-refractivity contribution is 5.72. The summed E-state index contributed by atoms with van der Waals surface area (Å²) in [5.41, 5.74) is 2.92. The van der Waals surface area contributed by atoms with Gasteiger partial charge in [0, 0.05) is 13.1 Å². The molecule has 1 aliphatic heterocycles. The van der Waals surface area contributed by atoms with Gasteiger partial charge in [-0.15, -0.1) is 0 Å². The van der Waals surface area contributed by atoms with Gasteiger partial charge in [0.15, 0.2) is 0 Å². The fraction of sp³-hybridized carbons (Fsp3) is 0.583. The van der Waals surface area contributed by atoms with Gasteiger partial charge in [-0.05, 0) is 32.8 Å². The predicted octanol–water partition coefficient (Wildman–Crippen LogP) is 1.75. The number of ether oxygens (including phenoxy) is 1. The molecule has 6 heteroatoms. The molecule has 2 rings (SSSR count). The molecule has 1 aromatic rings. The van der Waals surface area contributed by atoms with Crippen molar-refractivity contribution in [2.24, 2.45) is 0 Å². The summed E-state index contributed by atoms with van der Waals surface area (Å²) < 4.78 is 5.16. The molecule has 1 N–H and O–H groups in total. The Bertz CT molecular complexity index is 464. The highest BCUT2D eigenvalue weighted by Gasteiger charge is 2.21. The van der Waals surface area contributed by atoms with Gasteiger partial charge < -0.3 is 9.64 Å². The number of aryl methyl sites for hydroxylation is 1. The zero-order chi connectivity index (χ0) is 13.1. The van der Waals surface area contributed by atoms with Gasteiger partial charge in [-0.25, -0.2) is 4.79 Å². The van der Waals surface area contributed by atoms with E-state index in [2.05, 4.69) is 15.4 Å². The minimum absolute atomic E-state index is 0.0827. The SMILES string of the molecule is Cc1n[nH]nc1C1=CCN(C(=O)OC(C)C)CC1. The Labute approximate surface area is 106 Å². The van der Waals surface area contributed by atoms with Crippen LogP contribution < -0.4 is 0 Å². The van der Waals surface area contributed by atoms with E-state index in [0.717, 1.165) is 23.4 Å². The number of carbonyl (C=O) groups is 1. The van der Waals surface area contributed by atoms with Crippen LogP contribution in [-0.4, -0.2) is 45.6 Å². The molecule has 0 aliphatic carbocycles. The van der Waals surface area contributed by atoms with Gasteiger partial charge in [0.25, 0.3) is 0 Å². The first kappa shape index (κ1) is 12.6. The quantitative estimate of drug-likeness (QED) is 0.868. The Kier molecular flexibility index (Phi) is 3.64. The van der Waals surface area contributed by atoms with E-state index in [-0.39, 0.29) is 12.2 Å². The summed E-state index contributed by atoms with van der Waals surface area (Å²) in [7, 11) is 0. The molecule has 0 unspecified atom stereocenters. The van der Waals surface area contributed by atoms with E-state index in [9.17, 15) is 4.79 Å². The molecular formula is C12H18N4O2.